The van der Waals surface area contributed by atoms with Crippen molar-refractivity contribution in [3.8, 4) is 0 Å². The fourth-order valence-corrected chi connectivity index (χ4v) is 3.77. The van der Waals surface area contributed by atoms with Gasteiger partial charge in [0.2, 0.25) is 5.91 Å². The van der Waals surface area contributed by atoms with Crippen LogP contribution in [0.15, 0.2) is 24.3 Å². The molecule has 1 aliphatic heterocycles. The summed E-state index contributed by atoms with van der Waals surface area (Å²) in [6.07, 6.45) is -5.08. The second-order valence-electron chi connectivity index (χ2n) is 7.01. The minimum Gasteiger partial charge on any atom is -0.475 e. The molecule has 29 heavy (non-hydrogen) atoms. The maximum Gasteiger partial charge on any atom is 0.490 e. The number of benzene rings is 1. The molecule has 0 unspecified atom stereocenters. The standard InChI is InChI=1S/C17H24N2O3.C2HF3O2/c1-19-9-14-12-5-3-4-6-13(12)17(15(14)10-19)18-16(20)11-22-8-7-21-2;3-2(4,5)1(6)7/h3-6,14-15,17H,7-11H2,1-2H3,(H,18,20);(H,6,7)/t14-,15-,17+;/m0./s1. The summed E-state index contributed by atoms with van der Waals surface area (Å²) in [6.45, 7) is 3.14. The van der Waals surface area contributed by atoms with Crippen molar-refractivity contribution in [1.82, 2.24) is 10.2 Å². The third-order valence-electron chi connectivity index (χ3n) is 4.93. The van der Waals surface area contributed by atoms with Gasteiger partial charge in [0.1, 0.15) is 6.61 Å². The molecule has 1 aromatic rings. The Kier molecular flexibility index (Phi) is 8.00. The Bertz CT molecular complexity index is 713. The van der Waals surface area contributed by atoms with Crippen LogP contribution in [-0.4, -0.2) is 75.1 Å². The number of carbonyl (C=O) groups excluding carboxylic acids is 1. The number of halogens is 3. The van der Waals surface area contributed by atoms with Crippen LogP contribution in [-0.2, 0) is 19.1 Å². The van der Waals surface area contributed by atoms with Crippen LogP contribution >= 0.6 is 0 Å². The first-order valence-corrected chi connectivity index (χ1v) is 9.08. The van der Waals surface area contributed by atoms with Gasteiger partial charge in [0, 0.05) is 32.0 Å². The van der Waals surface area contributed by atoms with E-state index in [1.807, 2.05) is 0 Å². The number of fused-ring (bicyclic) bond motifs is 3. The number of aliphatic carboxylic acids is 1. The smallest absolute Gasteiger partial charge is 0.475 e. The van der Waals surface area contributed by atoms with E-state index in [4.69, 9.17) is 19.4 Å². The number of nitrogens with zero attached hydrogens (tertiary/aromatic N) is 1. The Morgan fingerprint density at radius 1 is 1.21 bits per heavy atom. The number of alkyl halides is 3. The number of amides is 1. The van der Waals surface area contributed by atoms with Gasteiger partial charge < -0.3 is 24.8 Å². The Balaban J connectivity index is 0.000000370. The van der Waals surface area contributed by atoms with Gasteiger partial charge in [0.05, 0.1) is 19.3 Å². The molecule has 10 heteroatoms. The first-order valence-electron chi connectivity index (χ1n) is 9.08. The lowest BCUT2D eigenvalue weighted by Gasteiger charge is -2.21. The number of hydrogen-bond donors (Lipinski definition) is 2. The molecule has 2 N–H and O–H groups in total. The molecule has 162 valence electrons. The van der Waals surface area contributed by atoms with Gasteiger partial charge in [-0.1, -0.05) is 24.3 Å². The van der Waals surface area contributed by atoms with Gasteiger partial charge in [-0.3, -0.25) is 4.79 Å². The fraction of sp³-hybridized carbons (Fsp3) is 0.579. The van der Waals surface area contributed by atoms with Crippen molar-refractivity contribution in [1.29, 1.82) is 0 Å². The number of nitrogens with one attached hydrogen (secondary N) is 1. The highest BCUT2D eigenvalue weighted by molar-refractivity contribution is 5.78. The van der Waals surface area contributed by atoms with E-state index in [0.29, 0.717) is 25.0 Å². The van der Waals surface area contributed by atoms with Crippen LogP contribution in [0, 0.1) is 5.92 Å². The average Bonchev–Trinajstić information content (AvgIpc) is 3.15. The molecule has 1 aliphatic carbocycles. The van der Waals surface area contributed by atoms with E-state index in [1.54, 1.807) is 7.11 Å². The quantitative estimate of drug-likeness (QED) is 0.685. The minimum absolute atomic E-state index is 0.0499. The largest absolute Gasteiger partial charge is 0.490 e. The van der Waals surface area contributed by atoms with Gasteiger partial charge in [-0.15, -0.1) is 0 Å². The molecule has 2 aliphatic rings. The summed E-state index contributed by atoms with van der Waals surface area (Å²) in [4.78, 5) is 23.4. The molecule has 3 atom stereocenters. The molecule has 0 aromatic heterocycles. The van der Waals surface area contributed by atoms with E-state index in [9.17, 15) is 18.0 Å². The summed E-state index contributed by atoms with van der Waals surface area (Å²) in [7, 11) is 3.77. The number of carboxylic acids is 1. The Morgan fingerprint density at radius 3 is 2.41 bits per heavy atom. The number of methoxy groups -OCH3 is 1. The second kappa shape index (κ2) is 10.0. The first-order chi connectivity index (χ1) is 13.6. The zero-order valence-electron chi connectivity index (χ0n) is 16.2. The molecule has 3 rings (SSSR count). The lowest BCUT2D eigenvalue weighted by molar-refractivity contribution is -0.192. The number of likely N-dealkylation sites (tertiary alicyclic amines) is 1. The van der Waals surface area contributed by atoms with Gasteiger partial charge in [0.25, 0.3) is 0 Å². The lowest BCUT2D eigenvalue weighted by atomic mass is 9.94. The van der Waals surface area contributed by atoms with E-state index in [-0.39, 0.29) is 18.6 Å². The van der Waals surface area contributed by atoms with Crippen LogP contribution in [0.4, 0.5) is 13.2 Å². The van der Waals surface area contributed by atoms with Crippen LogP contribution < -0.4 is 5.32 Å². The molecular formula is C19H25F3N2O5. The third kappa shape index (κ3) is 6.15. The molecule has 0 spiro atoms. The van der Waals surface area contributed by atoms with Crippen molar-refractivity contribution in [3.05, 3.63) is 35.4 Å². The van der Waals surface area contributed by atoms with Crippen molar-refractivity contribution in [2.75, 3.05) is 47.1 Å². The van der Waals surface area contributed by atoms with Gasteiger partial charge in [-0.2, -0.15) is 13.2 Å². The predicted molar refractivity (Wildman–Crippen MR) is 97.4 cm³/mol. The second-order valence-corrected chi connectivity index (χ2v) is 7.01. The lowest BCUT2D eigenvalue weighted by Crippen LogP contribution is -2.35. The molecule has 0 bridgehead atoms. The number of hydrogen-bond acceptors (Lipinski definition) is 5. The molecule has 1 amide bonds. The zero-order valence-corrected chi connectivity index (χ0v) is 16.2. The minimum atomic E-state index is -5.08. The molecule has 1 heterocycles. The van der Waals surface area contributed by atoms with Crippen molar-refractivity contribution in [3.63, 3.8) is 0 Å². The van der Waals surface area contributed by atoms with Gasteiger partial charge in [-0.25, -0.2) is 4.79 Å². The summed E-state index contributed by atoms with van der Waals surface area (Å²) in [6, 6.07) is 8.59. The van der Waals surface area contributed by atoms with Gasteiger partial charge in [-0.05, 0) is 18.2 Å². The topological polar surface area (TPSA) is 88.1 Å². The number of rotatable bonds is 6. The highest BCUT2D eigenvalue weighted by Gasteiger charge is 2.45. The third-order valence-corrected chi connectivity index (χ3v) is 4.93. The SMILES string of the molecule is COCCOCC(=O)N[C@@H]1c2ccccc2[C@@H]2CN(C)C[C@H]12.O=C(O)C(F)(F)F. The van der Waals surface area contributed by atoms with Crippen LogP contribution in [0.3, 0.4) is 0 Å². The first kappa shape index (κ1) is 23.1. The van der Waals surface area contributed by atoms with E-state index in [2.05, 4.69) is 41.5 Å². The Hall–Kier alpha value is -2.17. The molecule has 1 fully saturated rings. The molecule has 1 saturated heterocycles. The summed E-state index contributed by atoms with van der Waals surface area (Å²) in [5.41, 5.74) is 2.67. The predicted octanol–water partition coefficient (Wildman–Crippen LogP) is 1.80. The zero-order chi connectivity index (χ0) is 21.6. The molecule has 7 nitrogen and oxygen atoms in total. The molecular weight excluding hydrogens is 393 g/mol. The number of carbonyl (C=O) groups is 2. The van der Waals surface area contributed by atoms with E-state index in [1.165, 1.54) is 11.1 Å². The Labute approximate surface area is 166 Å². The van der Waals surface area contributed by atoms with Crippen molar-refractivity contribution >= 4 is 11.9 Å². The number of likely N-dealkylation sites (N-methyl/N-ethyl adjacent to an activating group) is 1. The van der Waals surface area contributed by atoms with E-state index in [0.717, 1.165) is 13.1 Å². The van der Waals surface area contributed by atoms with Gasteiger partial charge in [0.15, 0.2) is 0 Å². The highest BCUT2D eigenvalue weighted by atomic mass is 19.4. The highest BCUT2D eigenvalue weighted by Crippen LogP contribution is 2.48. The van der Waals surface area contributed by atoms with Crippen molar-refractivity contribution in [2.24, 2.45) is 5.92 Å². The number of ether oxygens (including phenoxy) is 2. The van der Waals surface area contributed by atoms with E-state index >= 15 is 0 Å². The van der Waals surface area contributed by atoms with Crippen LogP contribution in [0.1, 0.15) is 23.1 Å². The Morgan fingerprint density at radius 2 is 1.83 bits per heavy atom. The van der Waals surface area contributed by atoms with Crippen LogP contribution in [0.5, 0.6) is 0 Å². The maximum atomic E-state index is 12.2. The fourth-order valence-electron chi connectivity index (χ4n) is 3.77. The molecule has 0 radical (unpaired) electrons. The van der Waals surface area contributed by atoms with Crippen LogP contribution in [0.25, 0.3) is 0 Å². The van der Waals surface area contributed by atoms with E-state index < -0.39 is 12.1 Å². The molecule has 0 saturated carbocycles. The average molecular weight is 418 g/mol. The van der Waals surface area contributed by atoms with Crippen molar-refractivity contribution < 1.29 is 37.3 Å². The normalized spacial score (nSPS) is 23.0. The maximum absolute atomic E-state index is 12.2. The van der Waals surface area contributed by atoms with Crippen LogP contribution in [0.2, 0.25) is 0 Å². The van der Waals surface area contributed by atoms with Gasteiger partial charge >= 0.3 is 12.1 Å². The summed E-state index contributed by atoms with van der Waals surface area (Å²) in [5.74, 6) is -1.81. The summed E-state index contributed by atoms with van der Waals surface area (Å²) >= 11 is 0. The summed E-state index contributed by atoms with van der Waals surface area (Å²) in [5, 5.41) is 10.3. The number of carboxylic acid groups (broad SMARTS) is 1. The summed E-state index contributed by atoms with van der Waals surface area (Å²) < 4.78 is 42.0. The monoisotopic (exact) mass is 418 g/mol. The molecule has 1 aromatic carbocycles. The van der Waals surface area contributed by atoms with Crippen molar-refractivity contribution in [2.45, 2.75) is 18.1 Å².